The van der Waals surface area contributed by atoms with E-state index in [-0.39, 0.29) is 30.9 Å². The van der Waals surface area contributed by atoms with Gasteiger partial charge >= 0.3 is 6.03 Å². The van der Waals surface area contributed by atoms with Gasteiger partial charge in [-0.3, -0.25) is 24.6 Å². The average molecular weight is 729 g/mol. The summed E-state index contributed by atoms with van der Waals surface area (Å²) in [6.07, 6.45) is 9.57. The number of benzene rings is 3. The summed E-state index contributed by atoms with van der Waals surface area (Å²) in [5.41, 5.74) is 3.12. The molecule has 12 nitrogen and oxygen atoms in total. The number of carbonyl (C=O) groups is 4. The number of hydrogen-bond acceptors (Lipinski definition) is 8. The van der Waals surface area contributed by atoms with E-state index in [4.69, 9.17) is 18.9 Å². The third-order valence-corrected chi connectivity index (χ3v) is 9.59. The van der Waals surface area contributed by atoms with Gasteiger partial charge in [-0.2, -0.15) is 0 Å². The van der Waals surface area contributed by atoms with Crippen LogP contribution in [-0.4, -0.2) is 81.8 Å². The lowest BCUT2D eigenvalue weighted by atomic mass is 10.0. The molecular formula is C41H52N4O8. The number of anilines is 1. The zero-order valence-corrected chi connectivity index (χ0v) is 30.9. The maximum absolute atomic E-state index is 13.0. The molecule has 0 aliphatic carbocycles. The van der Waals surface area contributed by atoms with Crippen molar-refractivity contribution in [1.29, 1.82) is 0 Å². The Morgan fingerprint density at radius 2 is 1.51 bits per heavy atom. The molecule has 2 fully saturated rings. The molecule has 12 heteroatoms. The molecule has 1 atom stereocenters. The second kappa shape index (κ2) is 20.1. The number of ether oxygens (including phenoxy) is 4. The van der Waals surface area contributed by atoms with E-state index in [1.807, 2.05) is 54.6 Å². The minimum Gasteiger partial charge on any atom is -0.494 e. The van der Waals surface area contributed by atoms with E-state index in [0.717, 1.165) is 80.7 Å². The molecule has 0 spiro atoms. The standard InChI is InChI=1S/C41H52N4O8/c1-50-36-21-15-31(28-37(36)51-2)12-9-11-30-13-10-14-34(27-30)53-29-39(47)42-23-7-5-3-4-6-8-26-52-33-18-16-32(17-19-33)44-24-25-45(41(44)49)35-20-22-38(46)43-40(35)48/h10,13-19,21,27-28,35H,3-9,11-12,20,22-26,29H2,1-2H3,(H,42,47)(H,43,46,48). The number of unbranched alkanes of at least 4 members (excludes halogenated alkanes) is 5. The van der Waals surface area contributed by atoms with Crippen molar-refractivity contribution in [3.63, 3.8) is 0 Å². The maximum Gasteiger partial charge on any atom is 0.325 e. The predicted molar refractivity (Wildman–Crippen MR) is 202 cm³/mol. The SMILES string of the molecule is COc1ccc(CCCc2cccc(OCC(=O)NCCCCCCCCOc3ccc(N4CCN(C5CCC(=O)NC5=O)C4=O)cc3)c2)cc1OC. The number of hydrogen-bond donors (Lipinski definition) is 2. The predicted octanol–water partition coefficient (Wildman–Crippen LogP) is 5.84. The van der Waals surface area contributed by atoms with Gasteiger partial charge in [0.05, 0.1) is 20.8 Å². The summed E-state index contributed by atoms with van der Waals surface area (Å²) in [6.45, 7) is 2.17. The molecule has 5 rings (SSSR count). The summed E-state index contributed by atoms with van der Waals surface area (Å²) in [7, 11) is 3.28. The molecule has 2 saturated heterocycles. The number of aryl methyl sites for hydroxylation is 2. The van der Waals surface area contributed by atoms with Crippen molar-refractivity contribution in [2.75, 3.05) is 52.0 Å². The number of rotatable bonds is 21. The Hall–Kier alpha value is -5.26. The quantitative estimate of drug-likeness (QED) is 0.103. The van der Waals surface area contributed by atoms with Gasteiger partial charge in [0.15, 0.2) is 18.1 Å². The number of carbonyl (C=O) groups excluding carboxylic acids is 4. The van der Waals surface area contributed by atoms with Gasteiger partial charge < -0.3 is 29.2 Å². The molecule has 5 amide bonds. The van der Waals surface area contributed by atoms with Crippen molar-refractivity contribution in [1.82, 2.24) is 15.5 Å². The highest BCUT2D eigenvalue weighted by Gasteiger charge is 2.40. The molecule has 0 radical (unpaired) electrons. The molecule has 2 aliphatic heterocycles. The number of urea groups is 1. The van der Waals surface area contributed by atoms with Gasteiger partial charge in [0, 0.05) is 31.7 Å². The van der Waals surface area contributed by atoms with Crippen LogP contribution in [0.3, 0.4) is 0 Å². The van der Waals surface area contributed by atoms with Gasteiger partial charge in [-0.05, 0) is 98.2 Å². The van der Waals surface area contributed by atoms with Crippen LogP contribution >= 0.6 is 0 Å². The van der Waals surface area contributed by atoms with Crippen LogP contribution in [0.25, 0.3) is 0 Å². The van der Waals surface area contributed by atoms with Crippen molar-refractivity contribution in [2.45, 2.75) is 76.7 Å². The van der Waals surface area contributed by atoms with Crippen LogP contribution in [-0.2, 0) is 27.2 Å². The highest BCUT2D eigenvalue weighted by atomic mass is 16.5. The van der Waals surface area contributed by atoms with E-state index in [1.165, 1.54) is 11.1 Å². The summed E-state index contributed by atoms with van der Waals surface area (Å²) in [5.74, 6) is 2.10. The highest BCUT2D eigenvalue weighted by Crippen LogP contribution is 2.29. The first kappa shape index (κ1) is 39.0. The second-order valence-electron chi connectivity index (χ2n) is 13.4. The lowest BCUT2D eigenvalue weighted by Crippen LogP contribution is -2.53. The van der Waals surface area contributed by atoms with Crippen LogP contribution in [0.2, 0.25) is 0 Å². The van der Waals surface area contributed by atoms with Gasteiger partial charge in [-0.25, -0.2) is 4.79 Å². The van der Waals surface area contributed by atoms with E-state index in [2.05, 4.69) is 22.8 Å². The highest BCUT2D eigenvalue weighted by molar-refractivity contribution is 6.03. The topological polar surface area (TPSA) is 136 Å². The molecule has 0 bridgehead atoms. The molecule has 284 valence electrons. The maximum atomic E-state index is 13.0. The van der Waals surface area contributed by atoms with Gasteiger partial charge in [0.1, 0.15) is 17.5 Å². The van der Waals surface area contributed by atoms with Crippen molar-refractivity contribution >= 4 is 29.4 Å². The molecule has 53 heavy (non-hydrogen) atoms. The van der Waals surface area contributed by atoms with Crippen LogP contribution in [0, 0.1) is 0 Å². The number of piperidine rings is 1. The summed E-state index contributed by atoms with van der Waals surface area (Å²) >= 11 is 0. The van der Waals surface area contributed by atoms with E-state index < -0.39 is 11.9 Å². The Labute approximate surface area is 312 Å². The smallest absolute Gasteiger partial charge is 0.325 e. The monoisotopic (exact) mass is 728 g/mol. The van der Waals surface area contributed by atoms with E-state index >= 15 is 0 Å². The van der Waals surface area contributed by atoms with Gasteiger partial charge in [-0.1, -0.05) is 43.9 Å². The Kier molecular flexibility index (Phi) is 14.8. The lowest BCUT2D eigenvalue weighted by molar-refractivity contribution is -0.136. The summed E-state index contributed by atoms with van der Waals surface area (Å²) < 4.78 is 22.4. The molecule has 1 unspecified atom stereocenters. The first-order valence-corrected chi connectivity index (χ1v) is 18.7. The summed E-state index contributed by atoms with van der Waals surface area (Å²) in [4.78, 5) is 52.2. The van der Waals surface area contributed by atoms with Gasteiger partial charge in [0.2, 0.25) is 11.8 Å². The van der Waals surface area contributed by atoms with E-state index in [1.54, 1.807) is 24.0 Å². The van der Waals surface area contributed by atoms with Gasteiger partial charge in [0.25, 0.3) is 5.91 Å². The van der Waals surface area contributed by atoms with Crippen molar-refractivity contribution in [3.8, 4) is 23.0 Å². The zero-order chi connectivity index (χ0) is 37.4. The Balaban J connectivity index is 0.869. The second-order valence-corrected chi connectivity index (χ2v) is 13.4. The number of methoxy groups -OCH3 is 2. The van der Waals surface area contributed by atoms with Gasteiger partial charge in [-0.15, -0.1) is 0 Å². The molecule has 2 N–H and O–H groups in total. The van der Waals surface area contributed by atoms with Crippen molar-refractivity contribution in [3.05, 3.63) is 77.9 Å². The number of nitrogens with zero attached hydrogens (tertiary/aromatic N) is 2. The Morgan fingerprint density at radius 1 is 0.774 bits per heavy atom. The molecular weight excluding hydrogens is 676 g/mol. The third kappa shape index (κ3) is 11.6. The average Bonchev–Trinajstić information content (AvgIpc) is 3.55. The number of imide groups is 1. The lowest BCUT2D eigenvalue weighted by Gasteiger charge is -2.29. The fourth-order valence-electron chi connectivity index (χ4n) is 6.66. The van der Waals surface area contributed by atoms with Crippen LogP contribution < -0.4 is 34.5 Å². The van der Waals surface area contributed by atoms with Crippen molar-refractivity contribution < 1.29 is 38.1 Å². The number of nitrogens with one attached hydrogen (secondary N) is 2. The molecule has 3 aromatic rings. The molecule has 2 aliphatic rings. The minimum atomic E-state index is -0.603. The molecule has 2 heterocycles. The summed E-state index contributed by atoms with van der Waals surface area (Å²) in [6, 6.07) is 20.5. The largest absolute Gasteiger partial charge is 0.494 e. The van der Waals surface area contributed by atoms with E-state index in [9.17, 15) is 19.2 Å². The zero-order valence-electron chi connectivity index (χ0n) is 30.9. The third-order valence-electron chi connectivity index (χ3n) is 9.59. The molecule has 0 saturated carbocycles. The van der Waals surface area contributed by atoms with Crippen LogP contribution in [0.1, 0.15) is 68.9 Å². The molecule has 3 aromatic carbocycles. The van der Waals surface area contributed by atoms with Crippen LogP contribution in [0.5, 0.6) is 23.0 Å². The van der Waals surface area contributed by atoms with Crippen LogP contribution in [0.15, 0.2) is 66.7 Å². The first-order valence-electron chi connectivity index (χ1n) is 18.7. The van der Waals surface area contributed by atoms with Crippen molar-refractivity contribution in [2.24, 2.45) is 0 Å². The van der Waals surface area contributed by atoms with E-state index in [0.29, 0.717) is 38.4 Å². The Bertz CT molecular complexity index is 1680. The fraction of sp³-hybridized carbons (Fsp3) is 0.463. The minimum absolute atomic E-state index is 0.00261. The normalized spacial score (nSPS) is 15.7. The summed E-state index contributed by atoms with van der Waals surface area (Å²) in [5, 5.41) is 5.28. The van der Waals surface area contributed by atoms with Crippen LogP contribution in [0.4, 0.5) is 10.5 Å². The Morgan fingerprint density at radius 3 is 2.26 bits per heavy atom. The number of amides is 5. The molecule has 0 aromatic heterocycles. The fourth-order valence-corrected chi connectivity index (χ4v) is 6.66. The first-order chi connectivity index (χ1) is 25.8.